The number of anilines is 1. The lowest BCUT2D eigenvalue weighted by molar-refractivity contribution is -0.170. The minimum atomic E-state index is -5.19. The highest BCUT2D eigenvalue weighted by atomic mass is 32.2. The van der Waals surface area contributed by atoms with E-state index in [1.165, 1.54) is 32.4 Å². The van der Waals surface area contributed by atoms with Crippen LogP contribution in [0.1, 0.15) is 0 Å². The summed E-state index contributed by atoms with van der Waals surface area (Å²) >= 11 is 0. The van der Waals surface area contributed by atoms with E-state index in [0.717, 1.165) is 11.5 Å². The smallest absolute Gasteiger partial charge is 0.471 e. The molecule has 24 heavy (non-hydrogen) atoms. The molecule has 0 saturated heterocycles. The van der Waals surface area contributed by atoms with Crippen molar-refractivity contribution in [2.24, 2.45) is 0 Å². The molecule has 10 heteroatoms. The summed E-state index contributed by atoms with van der Waals surface area (Å²) in [5, 5.41) is 0.793. The van der Waals surface area contributed by atoms with Gasteiger partial charge in [-0.2, -0.15) is 13.2 Å². The van der Waals surface area contributed by atoms with Crippen molar-refractivity contribution in [2.75, 3.05) is 24.9 Å². The zero-order chi connectivity index (χ0) is 18.1. The average molecular weight is 365 g/mol. The molecule has 0 aromatic heterocycles. The number of benzene rings is 1. The summed E-state index contributed by atoms with van der Waals surface area (Å²) < 4.78 is 72.1. The van der Waals surface area contributed by atoms with Gasteiger partial charge in [-0.3, -0.25) is 9.69 Å². The van der Waals surface area contributed by atoms with Crippen molar-refractivity contribution in [1.29, 1.82) is 0 Å². The van der Waals surface area contributed by atoms with Crippen LogP contribution in [0.15, 0.2) is 29.7 Å². The van der Waals surface area contributed by atoms with E-state index in [-0.39, 0.29) is 17.2 Å². The van der Waals surface area contributed by atoms with Gasteiger partial charge >= 0.3 is 12.1 Å². The maximum Gasteiger partial charge on any atom is 0.471 e. The van der Waals surface area contributed by atoms with Crippen molar-refractivity contribution in [3.8, 4) is 11.5 Å². The largest absolute Gasteiger partial charge is 0.497 e. The lowest BCUT2D eigenvalue weighted by atomic mass is 10.2. The van der Waals surface area contributed by atoms with Crippen LogP contribution in [0.2, 0.25) is 0 Å². The van der Waals surface area contributed by atoms with E-state index in [1.54, 1.807) is 0 Å². The van der Waals surface area contributed by atoms with Gasteiger partial charge in [-0.05, 0) is 18.2 Å². The Morgan fingerprint density at radius 1 is 1.25 bits per heavy atom. The Labute approximate surface area is 136 Å². The van der Waals surface area contributed by atoms with Gasteiger partial charge in [0.25, 0.3) is 0 Å². The molecule has 0 saturated carbocycles. The van der Waals surface area contributed by atoms with Crippen LogP contribution >= 0.6 is 0 Å². The van der Waals surface area contributed by atoms with E-state index in [0.29, 0.717) is 4.90 Å². The molecule has 0 spiro atoms. The molecular weight excluding hydrogens is 351 g/mol. The SMILES string of the molecule is COc1ccc(OC)c(N(C(=O)C(F)(F)F)[C@@H]2C=CS(=O)(=O)C2)c1. The molecule has 1 heterocycles. The molecule has 6 nitrogen and oxygen atoms in total. The van der Waals surface area contributed by atoms with Crippen molar-refractivity contribution in [2.45, 2.75) is 12.2 Å². The molecule has 0 fully saturated rings. The van der Waals surface area contributed by atoms with Crippen LogP contribution in [-0.4, -0.2) is 46.5 Å². The van der Waals surface area contributed by atoms with E-state index in [4.69, 9.17) is 9.47 Å². The van der Waals surface area contributed by atoms with Crippen LogP contribution in [0.5, 0.6) is 11.5 Å². The number of amides is 1. The highest BCUT2D eigenvalue weighted by molar-refractivity contribution is 7.94. The van der Waals surface area contributed by atoms with Gasteiger partial charge in [0, 0.05) is 11.5 Å². The van der Waals surface area contributed by atoms with Crippen LogP contribution in [0, 0.1) is 0 Å². The lowest BCUT2D eigenvalue weighted by Crippen LogP contribution is -2.48. The number of sulfone groups is 1. The quantitative estimate of drug-likeness (QED) is 0.815. The number of rotatable bonds is 4. The maximum atomic E-state index is 13.0. The number of hydrogen-bond acceptors (Lipinski definition) is 5. The predicted molar refractivity (Wildman–Crippen MR) is 79.8 cm³/mol. The third-order valence-corrected chi connectivity index (χ3v) is 4.73. The molecular formula is C14H14F3NO5S. The Hall–Kier alpha value is -2.23. The summed E-state index contributed by atoms with van der Waals surface area (Å²) in [4.78, 5) is 12.3. The third-order valence-electron chi connectivity index (χ3n) is 3.35. The minimum Gasteiger partial charge on any atom is -0.497 e. The molecule has 1 amide bonds. The summed E-state index contributed by atoms with van der Waals surface area (Å²) in [6, 6.07) is 2.66. The highest BCUT2D eigenvalue weighted by Gasteiger charge is 2.47. The number of carbonyl (C=O) groups is 1. The normalized spacial score (nSPS) is 19.1. The molecule has 1 atom stereocenters. The molecule has 1 aliphatic rings. The fourth-order valence-electron chi connectivity index (χ4n) is 2.28. The fraction of sp³-hybridized carbons (Fsp3) is 0.357. The van der Waals surface area contributed by atoms with Crippen molar-refractivity contribution in [3.05, 3.63) is 29.7 Å². The Balaban J connectivity index is 2.59. The molecule has 0 radical (unpaired) electrons. The predicted octanol–water partition coefficient (Wildman–Crippen LogP) is 1.91. The summed E-state index contributed by atoms with van der Waals surface area (Å²) in [5.41, 5.74) is -0.231. The van der Waals surface area contributed by atoms with Crippen LogP contribution in [-0.2, 0) is 14.6 Å². The number of methoxy groups -OCH3 is 2. The van der Waals surface area contributed by atoms with Gasteiger partial charge in [0.1, 0.15) is 11.5 Å². The Morgan fingerprint density at radius 2 is 1.92 bits per heavy atom. The molecule has 0 aliphatic carbocycles. The zero-order valence-electron chi connectivity index (χ0n) is 12.7. The summed E-state index contributed by atoms with van der Waals surface area (Å²) in [6.07, 6.45) is -4.15. The number of ether oxygens (including phenoxy) is 2. The molecule has 132 valence electrons. The van der Waals surface area contributed by atoms with Crippen LogP contribution in [0.4, 0.5) is 18.9 Å². The van der Waals surface area contributed by atoms with Gasteiger partial charge in [-0.1, -0.05) is 0 Å². The zero-order valence-corrected chi connectivity index (χ0v) is 13.5. The van der Waals surface area contributed by atoms with Crippen molar-refractivity contribution >= 4 is 21.4 Å². The lowest BCUT2D eigenvalue weighted by Gasteiger charge is -2.29. The third kappa shape index (κ3) is 3.64. The van der Waals surface area contributed by atoms with Gasteiger partial charge in [0.15, 0.2) is 9.84 Å². The standard InChI is InChI=1S/C14H14F3NO5S/c1-22-10-3-4-12(23-2)11(7-10)18(13(19)14(15,16)17)9-5-6-24(20,21)8-9/h3-7,9H,8H2,1-2H3/t9-/m1/s1. The molecule has 1 aromatic rings. The Kier molecular flexibility index (Phi) is 4.79. The van der Waals surface area contributed by atoms with Crippen LogP contribution in [0.3, 0.4) is 0 Å². The van der Waals surface area contributed by atoms with Gasteiger partial charge in [-0.15, -0.1) is 0 Å². The summed E-state index contributed by atoms with van der Waals surface area (Å²) in [5.74, 6) is -2.67. The number of alkyl halides is 3. The number of halogens is 3. The molecule has 0 unspecified atom stereocenters. The van der Waals surface area contributed by atoms with E-state index < -0.39 is 33.7 Å². The van der Waals surface area contributed by atoms with E-state index in [9.17, 15) is 26.4 Å². The van der Waals surface area contributed by atoms with Gasteiger partial charge in [-0.25, -0.2) is 8.42 Å². The van der Waals surface area contributed by atoms with Crippen molar-refractivity contribution < 1.29 is 35.9 Å². The first-order valence-corrected chi connectivity index (χ1v) is 8.34. The second-order valence-electron chi connectivity index (χ2n) is 4.94. The number of nitrogens with zero attached hydrogens (tertiary/aromatic N) is 1. The van der Waals surface area contributed by atoms with E-state index >= 15 is 0 Å². The monoisotopic (exact) mass is 365 g/mol. The first-order valence-electron chi connectivity index (χ1n) is 6.62. The molecule has 1 aromatic carbocycles. The molecule has 0 bridgehead atoms. The van der Waals surface area contributed by atoms with Gasteiger partial charge < -0.3 is 9.47 Å². The maximum absolute atomic E-state index is 13.0. The van der Waals surface area contributed by atoms with Gasteiger partial charge in [0.2, 0.25) is 0 Å². The first kappa shape index (κ1) is 18.1. The number of carbonyl (C=O) groups excluding carboxylic acids is 1. The highest BCUT2D eigenvalue weighted by Crippen LogP contribution is 2.37. The van der Waals surface area contributed by atoms with E-state index in [2.05, 4.69) is 0 Å². The number of hydrogen-bond donors (Lipinski definition) is 0. The summed E-state index contributed by atoms with van der Waals surface area (Å²) in [6.45, 7) is 0. The average Bonchev–Trinajstić information content (AvgIpc) is 2.86. The van der Waals surface area contributed by atoms with E-state index in [1.807, 2.05) is 0 Å². The van der Waals surface area contributed by atoms with Gasteiger partial charge in [0.05, 0.1) is 31.7 Å². The topological polar surface area (TPSA) is 72.9 Å². The Morgan fingerprint density at radius 3 is 2.38 bits per heavy atom. The molecule has 0 N–H and O–H groups in total. The molecule has 2 rings (SSSR count). The fourth-order valence-corrected chi connectivity index (χ4v) is 3.55. The van der Waals surface area contributed by atoms with Crippen molar-refractivity contribution in [1.82, 2.24) is 0 Å². The second-order valence-corrected chi connectivity index (χ2v) is 6.87. The van der Waals surface area contributed by atoms with Crippen LogP contribution in [0.25, 0.3) is 0 Å². The second kappa shape index (κ2) is 6.34. The summed E-state index contributed by atoms with van der Waals surface area (Å²) in [7, 11) is -1.14. The van der Waals surface area contributed by atoms with Crippen molar-refractivity contribution in [3.63, 3.8) is 0 Å². The Bertz CT molecular complexity index is 773. The van der Waals surface area contributed by atoms with Crippen LogP contribution < -0.4 is 14.4 Å². The minimum absolute atomic E-state index is 0.0221. The molecule has 1 aliphatic heterocycles. The first-order chi connectivity index (χ1) is 11.1.